The molecule has 0 saturated carbocycles. The molecule has 0 saturated heterocycles. The van der Waals surface area contributed by atoms with Crippen molar-refractivity contribution in [3.8, 4) is 56.6 Å². The maximum atomic E-state index is 13.8. The predicted octanol–water partition coefficient (Wildman–Crippen LogP) is 28.5. The number of hydrogen-bond acceptors (Lipinski definition) is 4. The summed E-state index contributed by atoms with van der Waals surface area (Å²) >= 11 is -3.48. The first kappa shape index (κ1) is 87.2. The molecule has 8 heteroatoms. The molecule has 106 heavy (non-hydrogen) atoms. The molecule has 6 nitrogen and oxygen atoms in total. The van der Waals surface area contributed by atoms with Gasteiger partial charge in [0.15, 0.2) is 0 Å². The van der Waals surface area contributed by atoms with Gasteiger partial charge in [-0.3, -0.25) is 0 Å². The predicted molar refractivity (Wildman–Crippen MR) is 462 cm³/mol. The molecule has 0 bridgehead atoms. The summed E-state index contributed by atoms with van der Waals surface area (Å²) in [7, 11) is 0. The molecule has 10 rings (SSSR count). The second kappa shape index (κ2) is 30.0. The molecule has 0 unspecified atom stereocenters. The van der Waals surface area contributed by atoms with Crippen LogP contribution in [-0.4, -0.2) is 43.5 Å². The molecule has 2 aromatic heterocycles. The Bertz CT molecular complexity index is 4400. The van der Waals surface area contributed by atoms with Crippen LogP contribution >= 0.6 is 0 Å². The summed E-state index contributed by atoms with van der Waals surface area (Å²) in [6.07, 6.45) is 1.84. The first-order valence-corrected chi connectivity index (χ1v) is 43.9. The van der Waals surface area contributed by atoms with Crippen molar-refractivity contribution in [1.82, 2.24) is 9.13 Å². The number of phenolic OH excluding ortho intramolecular Hbond substituents is 2. The van der Waals surface area contributed by atoms with Crippen LogP contribution in [0.1, 0.15) is 279 Å². The minimum Gasteiger partial charge on any atom is -0.358 e. The van der Waals surface area contributed by atoms with E-state index < -0.39 is 13.3 Å². The van der Waals surface area contributed by atoms with Crippen LogP contribution in [0, 0.1) is 25.7 Å². The number of nitrogens with zero attached hydrogens (tertiary/aromatic N) is 2. The van der Waals surface area contributed by atoms with E-state index in [-0.39, 0.29) is 116 Å². The number of aromatic nitrogens is 2. The standard InChI is InChI=1S/C96H130GeN2O4.2CH3.Hf/c1-59(2)97(60(3)4,57-102-83-43-37-61(89(11,12)13)45-73(83)75-47-67(95(29,30)55-87(5,6)7)53-81(85(75)100)98-77-49-63(91(17,18)19)33-39-69(77)70-40-34-64(50-78(70)98)92(20,21)22)58-103-84-44-38-62(90(14,15)16)46-74(84)76-48-68(96(31,32)56-88(8,9)10)54-82(86(76)101)99-79-51-65(93(23,24)25)35-41-71(79)72-42-36-66(52-80(72)99)94(26,27)28;;;/h33-54,59-60,100-101H,55-58H2,1-32H3;2*1H3;/q;2*-1;. The summed E-state index contributed by atoms with van der Waals surface area (Å²) in [5.74, 6) is 1.95. The summed E-state index contributed by atoms with van der Waals surface area (Å²) in [6, 6.07) is 50.4. The Balaban J connectivity index is 0.00000523. The zero-order chi connectivity index (χ0) is 76.6. The summed E-state index contributed by atoms with van der Waals surface area (Å²) in [5, 5.41) is 32.3. The van der Waals surface area contributed by atoms with Gasteiger partial charge in [0.1, 0.15) is 0 Å². The molecule has 0 aliphatic rings. The molecule has 572 valence electrons. The third kappa shape index (κ3) is 17.7. The van der Waals surface area contributed by atoms with E-state index in [0.29, 0.717) is 10.9 Å². The second-order valence-corrected chi connectivity index (χ2v) is 52.9. The molecule has 2 N–H and O–H groups in total. The van der Waals surface area contributed by atoms with Crippen molar-refractivity contribution in [2.24, 2.45) is 10.8 Å². The molecule has 10 aromatic rings. The van der Waals surface area contributed by atoms with Crippen LogP contribution in [0.4, 0.5) is 0 Å². The van der Waals surface area contributed by atoms with Gasteiger partial charge in [-0.2, -0.15) is 0 Å². The van der Waals surface area contributed by atoms with Gasteiger partial charge in [0, 0.05) is 25.8 Å². The first-order valence-electron chi connectivity index (χ1n) is 38.5. The number of aromatic hydroxyl groups is 2. The molecule has 0 amide bonds. The third-order valence-electron chi connectivity index (χ3n) is 22.7. The van der Waals surface area contributed by atoms with Crippen LogP contribution in [0.2, 0.25) is 9.50 Å². The van der Waals surface area contributed by atoms with Crippen molar-refractivity contribution in [3.05, 3.63) is 193 Å². The molecule has 2 heterocycles. The average molecular weight is 1660 g/mol. The van der Waals surface area contributed by atoms with Crippen molar-refractivity contribution in [2.75, 3.05) is 10.9 Å². The SMILES string of the molecule is C[CH](C)[Ge]([CH2]Oc1ccc(C(C)(C)C)cc1-c1cc(C(C)(C)CC(C)(C)C)cc(-n2c3cc(C(C)(C)C)ccc3c3ccc(C(C)(C)C)cc32)c1O)([CH2]Oc1ccc(C(C)(C)C)cc1-c1cc(C(C)(C)CC(C)(C)C)cc(-n2c3cc(C(C)(C)C)ccc3c3ccc(C(C)(C)C)cc32)c1O)[CH](C)C.[CH3-].[CH3-].[Hf]. The van der Waals surface area contributed by atoms with E-state index >= 15 is 0 Å². The summed E-state index contributed by atoms with van der Waals surface area (Å²) in [6.45, 7) is 74.1. The van der Waals surface area contributed by atoms with Crippen molar-refractivity contribution >= 4 is 56.9 Å². The zero-order valence-electron chi connectivity index (χ0n) is 72.3. The van der Waals surface area contributed by atoms with Gasteiger partial charge in [0.2, 0.25) is 0 Å². The Kier molecular flexibility index (Phi) is 24.7. The summed E-state index contributed by atoms with van der Waals surface area (Å²) in [5.41, 5.74) is 18.2. The van der Waals surface area contributed by atoms with Gasteiger partial charge in [-0.05, 0) is 0 Å². The summed E-state index contributed by atoms with van der Waals surface area (Å²) < 4.78 is 20.7. The monoisotopic (exact) mass is 1660 g/mol. The molecule has 0 aliphatic carbocycles. The molecule has 0 aliphatic heterocycles. The van der Waals surface area contributed by atoms with Gasteiger partial charge < -0.3 is 14.9 Å². The van der Waals surface area contributed by atoms with Gasteiger partial charge in [-0.1, -0.05) is 83.1 Å². The van der Waals surface area contributed by atoms with Crippen molar-refractivity contribution in [2.45, 2.75) is 287 Å². The Morgan fingerprint density at radius 1 is 0.311 bits per heavy atom. The quantitative estimate of drug-likeness (QED) is 0.0747. The maximum Gasteiger partial charge on any atom is 0 e. The van der Waals surface area contributed by atoms with Gasteiger partial charge in [-0.25, -0.2) is 0 Å². The van der Waals surface area contributed by atoms with E-state index in [9.17, 15) is 10.2 Å². The molecule has 0 radical (unpaired) electrons. The molecular weight excluding hydrogens is 1520 g/mol. The smallest absolute Gasteiger partial charge is 0 e. The minimum atomic E-state index is -3.48. The normalized spacial score (nSPS) is 13.5. The van der Waals surface area contributed by atoms with E-state index in [2.05, 4.69) is 364 Å². The van der Waals surface area contributed by atoms with Gasteiger partial charge >= 0.3 is 546 Å². The van der Waals surface area contributed by atoms with Crippen LogP contribution in [0.5, 0.6) is 23.0 Å². The van der Waals surface area contributed by atoms with Crippen molar-refractivity contribution in [1.29, 1.82) is 0 Å². The molecule has 8 aromatic carbocycles. The van der Waals surface area contributed by atoms with Gasteiger partial charge in [0.25, 0.3) is 0 Å². The Hall–Kier alpha value is -6.03. The molecular formula is C98H136GeHfN2O4-2. The number of hydrogen-bond donors (Lipinski definition) is 2. The number of fused-ring (bicyclic) bond motifs is 6. The second-order valence-electron chi connectivity index (χ2n) is 41.7. The fourth-order valence-electron chi connectivity index (χ4n) is 16.5. The zero-order valence-corrected chi connectivity index (χ0v) is 78.0. The van der Waals surface area contributed by atoms with E-state index in [4.69, 9.17) is 9.47 Å². The Morgan fingerprint density at radius 3 is 0.764 bits per heavy atom. The number of phenols is 2. The van der Waals surface area contributed by atoms with E-state index in [1.807, 2.05) is 0 Å². The van der Waals surface area contributed by atoms with Gasteiger partial charge in [0.05, 0.1) is 0 Å². The fraction of sp³-hybridized carbons (Fsp3) is 0.490. The van der Waals surface area contributed by atoms with Crippen LogP contribution in [0.15, 0.2) is 133 Å². The van der Waals surface area contributed by atoms with Crippen LogP contribution in [-0.2, 0) is 69.2 Å². The van der Waals surface area contributed by atoms with Crippen LogP contribution < -0.4 is 9.47 Å². The minimum absolute atomic E-state index is 0. The topological polar surface area (TPSA) is 68.8 Å². The Morgan fingerprint density at radius 2 is 0.538 bits per heavy atom. The van der Waals surface area contributed by atoms with Crippen LogP contribution in [0.3, 0.4) is 0 Å². The molecule has 0 fully saturated rings. The van der Waals surface area contributed by atoms with Crippen molar-refractivity contribution < 1.29 is 45.5 Å². The van der Waals surface area contributed by atoms with Crippen molar-refractivity contribution in [3.63, 3.8) is 0 Å². The fourth-order valence-corrected chi connectivity index (χ4v) is 24.1. The van der Waals surface area contributed by atoms with Crippen LogP contribution in [0.25, 0.3) is 77.2 Å². The Labute approximate surface area is 664 Å². The average Bonchev–Trinajstić information content (AvgIpc) is 1.53. The molecule has 0 atom stereocenters. The van der Waals surface area contributed by atoms with E-state index in [1.165, 1.54) is 22.3 Å². The van der Waals surface area contributed by atoms with E-state index in [0.717, 1.165) is 124 Å². The van der Waals surface area contributed by atoms with E-state index in [1.54, 1.807) is 0 Å². The number of ether oxygens (including phenoxy) is 2. The largest absolute Gasteiger partial charge is 0.358 e. The van der Waals surface area contributed by atoms with Gasteiger partial charge in [-0.15, -0.1) is 0 Å². The first-order chi connectivity index (χ1) is 47.0. The number of rotatable bonds is 16. The third-order valence-corrected chi connectivity index (χ3v) is 35.2. The molecule has 0 spiro atoms. The maximum absolute atomic E-state index is 13.8. The summed E-state index contributed by atoms with van der Waals surface area (Å²) in [4.78, 5) is 0. The number of benzene rings is 8.